The number of benzene rings is 2. The van der Waals surface area contributed by atoms with Gasteiger partial charge in [-0.15, -0.1) is 0 Å². The molecule has 206 valence electrons. The lowest BCUT2D eigenvalue weighted by atomic mass is 9.88. The van der Waals surface area contributed by atoms with Crippen LogP contribution in [0, 0.1) is 0 Å². The average Bonchev–Trinajstić information content (AvgIpc) is 3.31. The molecule has 9 heteroatoms. The number of unbranched alkanes of at least 4 members (excludes halogenated alkanes) is 1. The number of nitrogens with zero attached hydrogens (tertiary/aromatic N) is 1. The first kappa shape index (κ1) is 29.4. The standard InChI is InChI=1S/C28H40N2O5S.H3N/c1-4-6-14-28(5-2)19-36(33,34)25-16-21(18-30-15-10-13-23(30)27(31)32)24(35-3)17-22(25)26(29-28)20-11-8-7-9-12-20;/h7-9,11-12,16-17,23,26,29,33-34H,4-6,10,13-15,18-19H2,1-3H3,(H,31,32);1H3/t23-,26+,28+;/m1./s1. The van der Waals surface area contributed by atoms with Gasteiger partial charge in [0.05, 0.1) is 23.8 Å². The van der Waals surface area contributed by atoms with Gasteiger partial charge in [0, 0.05) is 23.2 Å². The van der Waals surface area contributed by atoms with Crippen LogP contribution in [-0.4, -0.2) is 56.1 Å². The minimum atomic E-state index is -3.13. The minimum absolute atomic E-state index is 0. The Bertz CT molecular complexity index is 1070. The third-order valence-corrected chi connectivity index (χ3v) is 9.86. The maximum Gasteiger partial charge on any atom is 0.320 e. The lowest BCUT2D eigenvalue weighted by molar-refractivity contribution is -0.142. The van der Waals surface area contributed by atoms with Crippen LogP contribution in [0.5, 0.6) is 5.75 Å². The van der Waals surface area contributed by atoms with Crippen molar-refractivity contribution in [2.24, 2.45) is 0 Å². The quantitative estimate of drug-likeness (QED) is 0.263. The maximum atomic E-state index is 11.8. The summed E-state index contributed by atoms with van der Waals surface area (Å²) in [5.74, 6) is 0.0721. The summed E-state index contributed by atoms with van der Waals surface area (Å²) in [6, 6.07) is 13.2. The lowest BCUT2D eigenvalue weighted by Gasteiger charge is -2.42. The van der Waals surface area contributed by atoms with Gasteiger partial charge in [-0.05, 0) is 49.9 Å². The second-order valence-electron chi connectivity index (χ2n) is 10.2. The highest BCUT2D eigenvalue weighted by Crippen LogP contribution is 2.58. The number of rotatable bonds is 9. The Morgan fingerprint density at radius 1 is 1.22 bits per heavy atom. The van der Waals surface area contributed by atoms with E-state index in [-0.39, 0.29) is 17.9 Å². The number of carboxylic acids is 1. The van der Waals surface area contributed by atoms with Gasteiger partial charge in [0.25, 0.3) is 0 Å². The van der Waals surface area contributed by atoms with E-state index in [1.165, 1.54) is 0 Å². The lowest BCUT2D eigenvalue weighted by Crippen LogP contribution is -2.49. The Morgan fingerprint density at radius 3 is 2.57 bits per heavy atom. The molecule has 0 spiro atoms. The molecule has 0 aromatic heterocycles. The molecule has 2 aliphatic heterocycles. The summed E-state index contributed by atoms with van der Waals surface area (Å²) in [4.78, 5) is 14.3. The van der Waals surface area contributed by atoms with Crippen LogP contribution in [-0.2, 0) is 11.3 Å². The number of carbonyl (C=O) groups is 1. The number of carboxylic acid groups (broad SMARTS) is 1. The second kappa shape index (κ2) is 12.1. The predicted octanol–water partition coefficient (Wildman–Crippen LogP) is 6.05. The average molecular weight is 534 g/mol. The van der Waals surface area contributed by atoms with E-state index < -0.39 is 28.1 Å². The third-order valence-electron chi connectivity index (χ3n) is 7.84. The molecule has 0 saturated carbocycles. The van der Waals surface area contributed by atoms with Gasteiger partial charge in [0.1, 0.15) is 11.8 Å². The monoisotopic (exact) mass is 533 g/mol. The normalized spacial score (nSPS) is 26.0. The van der Waals surface area contributed by atoms with Crippen LogP contribution in [0.25, 0.3) is 0 Å². The molecule has 1 fully saturated rings. The van der Waals surface area contributed by atoms with Gasteiger partial charge in [-0.1, -0.05) is 57.0 Å². The van der Waals surface area contributed by atoms with Crippen molar-refractivity contribution in [3.8, 4) is 5.75 Å². The molecule has 0 radical (unpaired) electrons. The number of likely N-dealkylation sites (tertiary alicyclic amines) is 1. The molecular weight excluding hydrogens is 490 g/mol. The Kier molecular flexibility index (Phi) is 9.66. The molecule has 2 heterocycles. The molecule has 0 amide bonds. The second-order valence-corrected chi connectivity index (χ2v) is 12.3. The van der Waals surface area contributed by atoms with Gasteiger partial charge in [0.15, 0.2) is 0 Å². The first-order chi connectivity index (χ1) is 17.2. The smallest absolute Gasteiger partial charge is 0.320 e. The molecule has 2 aromatic rings. The van der Waals surface area contributed by atoms with Gasteiger partial charge in [-0.3, -0.25) is 24.1 Å². The maximum absolute atomic E-state index is 11.8. The number of hydrogen-bond donors (Lipinski definition) is 5. The number of nitrogens with one attached hydrogen (secondary N) is 1. The number of hydrogen-bond acceptors (Lipinski definition) is 7. The van der Waals surface area contributed by atoms with Crippen LogP contribution >= 0.6 is 10.6 Å². The first-order valence-electron chi connectivity index (χ1n) is 13.0. The summed E-state index contributed by atoms with van der Waals surface area (Å²) < 4.78 is 29.2. The Balaban J connectivity index is 0.00000380. The third kappa shape index (κ3) is 6.13. The van der Waals surface area contributed by atoms with Crippen molar-refractivity contribution >= 4 is 16.6 Å². The van der Waals surface area contributed by atoms with Crippen LogP contribution in [0.3, 0.4) is 0 Å². The fourth-order valence-electron chi connectivity index (χ4n) is 5.79. The minimum Gasteiger partial charge on any atom is -0.496 e. The van der Waals surface area contributed by atoms with Crippen molar-refractivity contribution in [1.82, 2.24) is 16.4 Å². The molecule has 2 aromatic carbocycles. The predicted molar refractivity (Wildman–Crippen MR) is 149 cm³/mol. The van der Waals surface area contributed by atoms with Crippen molar-refractivity contribution in [2.45, 2.75) is 81.4 Å². The van der Waals surface area contributed by atoms with Crippen LogP contribution in [0.1, 0.15) is 75.1 Å². The molecular formula is C28H43N3O5S. The first-order valence-corrected chi connectivity index (χ1v) is 14.7. The van der Waals surface area contributed by atoms with Gasteiger partial charge in [0.2, 0.25) is 0 Å². The molecule has 1 saturated heterocycles. The van der Waals surface area contributed by atoms with Gasteiger partial charge < -0.3 is 16.0 Å². The number of fused-ring (bicyclic) bond motifs is 1. The summed E-state index contributed by atoms with van der Waals surface area (Å²) in [6.45, 7) is 5.35. The fourth-order valence-corrected chi connectivity index (χ4v) is 8.03. The molecule has 4 rings (SSSR count). The topological polar surface area (TPSA) is 137 Å². The Hall–Kier alpha value is -2.14. The SMILES string of the molecule is CCCC[C@@]1(CC)CS(O)(O)c2cc(CN3CCC[C@@H]3C(=O)O)c(OC)cc2[C@H](c2ccccc2)N1.N. The molecule has 0 aliphatic carbocycles. The van der Waals surface area contributed by atoms with E-state index in [0.717, 1.165) is 48.8 Å². The van der Waals surface area contributed by atoms with E-state index >= 15 is 0 Å². The van der Waals surface area contributed by atoms with Crippen molar-refractivity contribution in [3.63, 3.8) is 0 Å². The molecule has 8 nitrogen and oxygen atoms in total. The van der Waals surface area contributed by atoms with Crippen molar-refractivity contribution in [1.29, 1.82) is 0 Å². The van der Waals surface area contributed by atoms with E-state index in [1.807, 2.05) is 35.2 Å². The van der Waals surface area contributed by atoms with E-state index in [1.54, 1.807) is 7.11 Å². The summed E-state index contributed by atoms with van der Waals surface area (Å²) >= 11 is 0. The van der Waals surface area contributed by atoms with Crippen LogP contribution in [0.15, 0.2) is 47.4 Å². The van der Waals surface area contributed by atoms with Crippen LogP contribution in [0.2, 0.25) is 0 Å². The van der Waals surface area contributed by atoms with Gasteiger partial charge in [-0.2, -0.15) is 10.6 Å². The van der Waals surface area contributed by atoms with Crippen molar-refractivity contribution in [3.05, 3.63) is 59.2 Å². The summed E-state index contributed by atoms with van der Waals surface area (Å²) in [6.07, 6.45) is 5.10. The van der Waals surface area contributed by atoms with E-state index in [0.29, 0.717) is 30.2 Å². The molecule has 0 bridgehead atoms. The number of ether oxygens (including phenoxy) is 1. The van der Waals surface area contributed by atoms with Gasteiger partial charge in [-0.25, -0.2) is 0 Å². The van der Waals surface area contributed by atoms with Crippen molar-refractivity contribution in [2.75, 3.05) is 19.4 Å². The highest BCUT2D eigenvalue weighted by molar-refractivity contribution is 8.24. The van der Waals surface area contributed by atoms with Gasteiger partial charge >= 0.3 is 5.97 Å². The largest absolute Gasteiger partial charge is 0.496 e. The molecule has 0 unspecified atom stereocenters. The Morgan fingerprint density at radius 2 is 1.95 bits per heavy atom. The highest BCUT2D eigenvalue weighted by atomic mass is 32.3. The zero-order valence-electron chi connectivity index (χ0n) is 22.3. The zero-order chi connectivity index (χ0) is 25.9. The van der Waals surface area contributed by atoms with E-state index in [4.69, 9.17) is 4.74 Å². The summed E-state index contributed by atoms with van der Waals surface area (Å²) in [5, 5.41) is 13.5. The molecule has 3 atom stereocenters. The fraction of sp³-hybridized carbons (Fsp3) is 0.536. The number of aliphatic carboxylic acids is 1. The Labute approximate surface area is 222 Å². The molecule has 37 heavy (non-hydrogen) atoms. The summed E-state index contributed by atoms with van der Waals surface area (Å²) in [5.41, 5.74) is 2.23. The van der Waals surface area contributed by atoms with E-state index in [2.05, 4.69) is 31.3 Å². The summed E-state index contributed by atoms with van der Waals surface area (Å²) in [7, 11) is -1.52. The highest BCUT2D eigenvalue weighted by Gasteiger charge is 2.42. The number of methoxy groups -OCH3 is 1. The van der Waals surface area contributed by atoms with Crippen LogP contribution < -0.4 is 16.2 Å². The van der Waals surface area contributed by atoms with Crippen molar-refractivity contribution < 1.29 is 23.7 Å². The van der Waals surface area contributed by atoms with E-state index in [9.17, 15) is 19.0 Å². The van der Waals surface area contributed by atoms with Crippen LogP contribution in [0.4, 0.5) is 0 Å². The molecule has 2 aliphatic rings. The zero-order valence-corrected chi connectivity index (χ0v) is 23.1. The molecule has 7 N–H and O–H groups in total.